The molecule has 6 fully saturated rings. The molecule has 10 N–H and O–H groups in total. The van der Waals surface area contributed by atoms with Crippen LogP contribution in [0.4, 0.5) is 0 Å². The lowest BCUT2D eigenvalue weighted by Crippen LogP contribution is -2.64. The monoisotopic (exact) mass is 709 g/mol. The predicted molar refractivity (Wildman–Crippen MR) is 157 cm³/mol. The second kappa shape index (κ2) is 15.5. The van der Waals surface area contributed by atoms with Gasteiger partial charge in [-0.05, 0) is 32.1 Å². The lowest BCUT2D eigenvalue weighted by atomic mass is 9.73. The Morgan fingerprint density at radius 3 is 1.71 bits per heavy atom. The zero-order chi connectivity index (χ0) is 35.1. The number of carbonyl (C=O) groups is 2. The van der Waals surface area contributed by atoms with Crippen LogP contribution in [0.5, 0.6) is 0 Å². The van der Waals surface area contributed by atoms with Crippen molar-refractivity contribution in [1.29, 1.82) is 0 Å². The molecule has 4 saturated heterocycles. The summed E-state index contributed by atoms with van der Waals surface area (Å²) in [5.41, 5.74) is 0. The lowest BCUT2D eigenvalue weighted by molar-refractivity contribution is -0.366. The molecule has 6 rings (SSSR count). The molecule has 2 saturated carbocycles. The standard InChI is InChI=1S/C31H48O18/c32-12-3-1-11(2-4-12)28-18-7-14-16(45-28)5-13(33)6-17(14)46-30-26(40)25(39)23(37)20(49-30)10-44-29(42)15(34)8-21(35)43-9-19-22(36)24(38)27(41)31(47-18)48-19/h11-20,22-28,30-34,36-41H,1-10H2/p+1/t11?,12?,13?,14?,15-,16?,17?,18?,19+,20+,22+,23+,24-,25-,26+,27+,28?,30+,31+/m0/s1. The highest BCUT2D eigenvalue weighted by molar-refractivity contribution is 5.81. The molecule has 4 heterocycles. The highest BCUT2D eigenvalue weighted by Gasteiger charge is 2.56. The molecule has 18 heteroatoms. The van der Waals surface area contributed by atoms with Crippen molar-refractivity contribution in [1.82, 2.24) is 0 Å². The van der Waals surface area contributed by atoms with E-state index in [0.717, 1.165) is 0 Å². The molecule has 18 nitrogen and oxygen atoms in total. The van der Waals surface area contributed by atoms with Crippen LogP contribution in [0, 0.1) is 11.8 Å². The predicted octanol–water partition coefficient (Wildman–Crippen LogP) is -4.79. The molecule has 0 spiro atoms. The van der Waals surface area contributed by atoms with E-state index in [0.29, 0.717) is 32.1 Å². The molecule has 6 aliphatic rings. The van der Waals surface area contributed by atoms with E-state index in [1.165, 1.54) is 0 Å². The molecule has 49 heavy (non-hydrogen) atoms. The second-order valence-electron chi connectivity index (χ2n) is 14.2. The van der Waals surface area contributed by atoms with Gasteiger partial charge in [0.2, 0.25) is 0 Å². The van der Waals surface area contributed by atoms with Gasteiger partial charge >= 0.3 is 11.9 Å². The van der Waals surface area contributed by atoms with Crippen molar-refractivity contribution in [3.8, 4) is 0 Å². The fraction of sp³-hybridized carbons (Fsp3) is 0.935. The smallest absolute Gasteiger partial charge is 0.335 e. The van der Waals surface area contributed by atoms with Crippen molar-refractivity contribution in [2.24, 2.45) is 11.8 Å². The maximum Gasteiger partial charge on any atom is 0.335 e. The third-order valence-corrected chi connectivity index (χ3v) is 10.8. The number of cyclic esters (lactones) is 2. The second-order valence-corrected chi connectivity index (χ2v) is 14.2. The lowest BCUT2D eigenvalue weighted by Gasteiger charge is -2.50. The first kappa shape index (κ1) is 37.1. The zero-order valence-corrected chi connectivity index (χ0v) is 26.8. The van der Waals surface area contributed by atoms with Gasteiger partial charge in [-0.1, -0.05) is 0 Å². The van der Waals surface area contributed by atoms with Crippen molar-refractivity contribution in [3.63, 3.8) is 0 Å². The number of ether oxygens (including phenoxy) is 7. The Morgan fingerprint density at radius 1 is 0.551 bits per heavy atom. The number of hydrogen-bond donors (Lipinski definition) is 9. The van der Waals surface area contributed by atoms with Gasteiger partial charge in [0, 0.05) is 18.8 Å². The number of fused-ring (bicyclic) bond motifs is 5. The first-order chi connectivity index (χ1) is 23.3. The number of esters is 2. The van der Waals surface area contributed by atoms with E-state index in [-0.39, 0.29) is 18.8 Å². The van der Waals surface area contributed by atoms with Gasteiger partial charge in [-0.3, -0.25) is 4.79 Å². The van der Waals surface area contributed by atoms with E-state index in [1.54, 1.807) is 0 Å². The number of rotatable bonds is 1. The third-order valence-electron chi connectivity index (χ3n) is 10.8. The topological polar surface area (TPSA) is 284 Å². The molecule has 0 amide bonds. The molecule has 17 atom stereocenters. The summed E-state index contributed by atoms with van der Waals surface area (Å²) < 4.78 is 39.4. The molecule has 0 radical (unpaired) electrons. The third kappa shape index (κ3) is 8.07. The van der Waals surface area contributed by atoms with Crippen LogP contribution >= 0.6 is 0 Å². The fourth-order valence-corrected chi connectivity index (χ4v) is 8.02. The first-order valence-corrected chi connectivity index (χ1v) is 17.1. The summed E-state index contributed by atoms with van der Waals surface area (Å²) >= 11 is 0. The summed E-state index contributed by atoms with van der Waals surface area (Å²) in [5, 5.41) is 95.6. The van der Waals surface area contributed by atoms with E-state index in [9.17, 15) is 55.5 Å². The molecular weight excluding hydrogens is 660 g/mol. The van der Waals surface area contributed by atoms with Crippen LogP contribution in [0.1, 0.15) is 51.4 Å². The van der Waals surface area contributed by atoms with Crippen LogP contribution in [0.25, 0.3) is 0 Å². The van der Waals surface area contributed by atoms with Gasteiger partial charge in [0.15, 0.2) is 30.9 Å². The summed E-state index contributed by atoms with van der Waals surface area (Å²) in [6, 6.07) is 0. The first-order valence-electron chi connectivity index (χ1n) is 17.1. The van der Waals surface area contributed by atoms with Crippen molar-refractivity contribution in [3.05, 3.63) is 0 Å². The molecule has 0 aromatic heterocycles. The minimum Gasteiger partial charge on any atom is -0.463 e. The Bertz CT molecular complexity index is 1140. The normalized spacial score (nSPS) is 52.0. The van der Waals surface area contributed by atoms with Crippen LogP contribution in [0.2, 0.25) is 0 Å². The molecule has 280 valence electrons. The molecular formula is C31H49O18+. The molecule has 2 aliphatic carbocycles. The van der Waals surface area contributed by atoms with Crippen LogP contribution in [0.3, 0.4) is 0 Å². The zero-order valence-electron chi connectivity index (χ0n) is 26.8. The van der Waals surface area contributed by atoms with Crippen molar-refractivity contribution in [2.45, 2.75) is 156 Å². The summed E-state index contributed by atoms with van der Waals surface area (Å²) in [7, 11) is 0. The molecule has 0 aromatic carbocycles. The average molecular weight is 710 g/mol. The quantitative estimate of drug-likeness (QED) is 0.0912. The number of hydrogen-bond acceptors (Lipinski definition) is 17. The van der Waals surface area contributed by atoms with E-state index < -0.39 is 142 Å². The van der Waals surface area contributed by atoms with Gasteiger partial charge in [-0.25, -0.2) is 4.79 Å². The number of carbonyl (C=O) groups excluding carboxylic acids is 2. The van der Waals surface area contributed by atoms with Crippen LogP contribution in [0.15, 0.2) is 0 Å². The van der Waals surface area contributed by atoms with Crippen molar-refractivity contribution < 1.29 is 88.7 Å². The van der Waals surface area contributed by atoms with Gasteiger partial charge in [0.1, 0.15) is 68.1 Å². The van der Waals surface area contributed by atoms with Gasteiger partial charge in [-0.2, -0.15) is 0 Å². The minimum absolute atomic E-state index is 0.0404. The average Bonchev–Trinajstić information content (AvgIpc) is 3.07. The Morgan fingerprint density at radius 2 is 1.10 bits per heavy atom. The van der Waals surface area contributed by atoms with Crippen LogP contribution < -0.4 is 0 Å². The van der Waals surface area contributed by atoms with Gasteiger partial charge < -0.3 is 79.1 Å². The highest BCUT2D eigenvalue weighted by Crippen LogP contribution is 2.43. The SMILES string of the molecule is O=C1C[C@H](O)C(=O)OC[C@H]2O[C@@H](OC3CC(O)CC4[OH+]C(C5CCC(O)CC5)C(CC34)O[C@@H]3O[C@H](CO1)[C@@H](O)[C@H](O)[C@H]3O)[C@H](O)[C@@H](O)[C@@H]2O. The Balaban J connectivity index is 1.31. The van der Waals surface area contributed by atoms with E-state index >= 15 is 0 Å². The van der Waals surface area contributed by atoms with Gasteiger partial charge in [0.25, 0.3) is 0 Å². The number of aliphatic hydroxyl groups excluding tert-OH is 9. The molecule has 0 aromatic rings. The van der Waals surface area contributed by atoms with E-state index in [1.807, 2.05) is 0 Å². The Labute approximate surface area is 281 Å². The maximum atomic E-state index is 12.5. The van der Waals surface area contributed by atoms with E-state index in [2.05, 4.69) is 0 Å². The largest absolute Gasteiger partial charge is 0.463 e. The summed E-state index contributed by atoms with van der Waals surface area (Å²) in [6.07, 6.45) is -20.0. The number of aliphatic hydroxyl groups is 11. The Hall–Kier alpha value is -1.62. The van der Waals surface area contributed by atoms with Gasteiger partial charge in [0.05, 0.1) is 30.7 Å². The summed E-state index contributed by atoms with van der Waals surface area (Å²) in [4.78, 5) is 24.9. The highest BCUT2D eigenvalue weighted by atomic mass is 16.7. The molecule has 6 unspecified atom stereocenters. The van der Waals surface area contributed by atoms with E-state index in [4.69, 9.17) is 33.2 Å². The summed E-state index contributed by atoms with van der Waals surface area (Å²) in [5.74, 6) is -2.86. The van der Waals surface area contributed by atoms with Crippen molar-refractivity contribution >= 4 is 11.9 Å². The molecule has 6 bridgehead atoms. The van der Waals surface area contributed by atoms with Crippen molar-refractivity contribution in [2.75, 3.05) is 13.2 Å². The van der Waals surface area contributed by atoms with Gasteiger partial charge in [-0.15, -0.1) is 0 Å². The molecule has 4 aliphatic heterocycles. The Kier molecular flexibility index (Phi) is 11.8. The van der Waals surface area contributed by atoms with Crippen LogP contribution in [-0.4, -0.2) is 180 Å². The van der Waals surface area contributed by atoms with Crippen LogP contribution in [-0.2, 0) is 38.0 Å². The summed E-state index contributed by atoms with van der Waals surface area (Å²) in [6.45, 7) is -1.32. The maximum absolute atomic E-state index is 12.5. The fourth-order valence-electron chi connectivity index (χ4n) is 8.02. The minimum atomic E-state index is -2.01.